The highest BCUT2D eigenvalue weighted by Crippen LogP contribution is 2.43. The molecule has 2 aromatic carbocycles. The molecule has 0 radical (unpaired) electrons. The van der Waals surface area contributed by atoms with Crippen LogP contribution in [0.2, 0.25) is 0 Å². The second-order valence-corrected chi connectivity index (χ2v) is 8.91. The summed E-state index contributed by atoms with van der Waals surface area (Å²) >= 11 is 0. The molecule has 1 N–H and O–H groups in total. The molecule has 2 heterocycles. The van der Waals surface area contributed by atoms with Crippen LogP contribution in [0, 0.1) is 0 Å². The number of ketones is 1. The van der Waals surface area contributed by atoms with E-state index in [2.05, 4.69) is 0 Å². The lowest BCUT2D eigenvalue weighted by molar-refractivity contribution is -0.132. The van der Waals surface area contributed by atoms with Gasteiger partial charge in [-0.05, 0) is 54.8 Å². The number of amides is 1. The Morgan fingerprint density at radius 3 is 2.39 bits per heavy atom. The number of Topliss-reactive ketones (excluding diaryl/α,β-unsaturated/α-hetero) is 1. The van der Waals surface area contributed by atoms with E-state index in [0.29, 0.717) is 29.4 Å². The fourth-order valence-corrected chi connectivity index (χ4v) is 4.10. The third-order valence-electron chi connectivity index (χ3n) is 5.65. The summed E-state index contributed by atoms with van der Waals surface area (Å²) in [5, 5.41) is 11.4. The maximum Gasteiger partial charge on any atom is 0.300 e. The lowest BCUT2D eigenvalue weighted by Crippen LogP contribution is -2.29. The van der Waals surface area contributed by atoms with E-state index in [1.54, 1.807) is 48.5 Å². The van der Waals surface area contributed by atoms with Crippen molar-refractivity contribution in [1.82, 2.24) is 0 Å². The van der Waals surface area contributed by atoms with Gasteiger partial charge in [-0.25, -0.2) is 0 Å². The zero-order valence-electron chi connectivity index (χ0n) is 19.2. The highest BCUT2D eigenvalue weighted by molar-refractivity contribution is 6.51. The minimum absolute atomic E-state index is 0.0113. The molecule has 1 amide bonds. The summed E-state index contributed by atoms with van der Waals surface area (Å²) in [6.45, 7) is 8.56. The Balaban J connectivity index is 1.91. The predicted molar refractivity (Wildman–Crippen MR) is 126 cm³/mol. The van der Waals surface area contributed by atoms with Gasteiger partial charge >= 0.3 is 0 Å². The van der Waals surface area contributed by atoms with Crippen LogP contribution in [0.25, 0.3) is 5.76 Å². The van der Waals surface area contributed by atoms with E-state index in [4.69, 9.17) is 9.15 Å². The van der Waals surface area contributed by atoms with E-state index >= 15 is 0 Å². The number of para-hydroxylation sites is 1. The third kappa shape index (κ3) is 4.04. The molecule has 6 heteroatoms. The number of carbonyl (C=O) groups is 2. The fourth-order valence-electron chi connectivity index (χ4n) is 4.10. The van der Waals surface area contributed by atoms with Crippen LogP contribution in [-0.2, 0) is 15.0 Å². The van der Waals surface area contributed by atoms with E-state index in [9.17, 15) is 14.7 Å². The highest BCUT2D eigenvalue weighted by Gasteiger charge is 2.48. The first-order valence-electron chi connectivity index (χ1n) is 10.9. The Kier molecular flexibility index (Phi) is 5.85. The molecule has 6 nitrogen and oxygen atoms in total. The number of hydrogen-bond acceptors (Lipinski definition) is 5. The normalized spacial score (nSPS) is 18.1. The van der Waals surface area contributed by atoms with Gasteiger partial charge in [0.05, 0.1) is 18.4 Å². The van der Waals surface area contributed by atoms with Crippen molar-refractivity contribution < 1.29 is 23.8 Å². The largest absolute Gasteiger partial charge is 0.507 e. The van der Waals surface area contributed by atoms with Crippen LogP contribution in [0.4, 0.5) is 5.69 Å². The Morgan fingerprint density at radius 2 is 1.79 bits per heavy atom. The average Bonchev–Trinajstić information content (AvgIpc) is 3.41. The van der Waals surface area contributed by atoms with Crippen LogP contribution >= 0.6 is 0 Å². The number of hydrogen-bond donors (Lipinski definition) is 1. The topological polar surface area (TPSA) is 80.0 Å². The standard InChI is InChI=1S/C27H27NO5/c1-5-32-20-14-13-17(16-19(20)27(2,3)4)24(29)22-23(21-12-9-15-33-21)28(26(31)25(22)30)18-10-7-6-8-11-18/h6-16,23,29H,5H2,1-4H3/b24-22-. The first-order chi connectivity index (χ1) is 15.7. The van der Waals surface area contributed by atoms with E-state index in [-0.39, 0.29) is 16.7 Å². The number of aliphatic hydroxyl groups excluding tert-OH is 1. The van der Waals surface area contributed by atoms with Crippen molar-refractivity contribution in [2.75, 3.05) is 11.5 Å². The summed E-state index contributed by atoms with van der Waals surface area (Å²) in [5.74, 6) is -0.618. The van der Waals surface area contributed by atoms with Crippen LogP contribution < -0.4 is 9.64 Å². The molecule has 0 aliphatic carbocycles. The van der Waals surface area contributed by atoms with Crippen molar-refractivity contribution in [2.45, 2.75) is 39.2 Å². The number of furan rings is 1. The van der Waals surface area contributed by atoms with Crippen LogP contribution in [0.3, 0.4) is 0 Å². The molecule has 0 bridgehead atoms. The van der Waals surface area contributed by atoms with Crippen LogP contribution in [0.1, 0.15) is 50.6 Å². The Hall–Kier alpha value is -3.80. The number of nitrogens with zero attached hydrogens (tertiary/aromatic N) is 1. The zero-order valence-corrected chi connectivity index (χ0v) is 19.2. The smallest absolute Gasteiger partial charge is 0.300 e. The predicted octanol–water partition coefficient (Wildman–Crippen LogP) is 5.60. The molecular formula is C27H27NO5. The van der Waals surface area contributed by atoms with Gasteiger partial charge in [0.25, 0.3) is 11.7 Å². The molecule has 0 saturated carbocycles. The fraction of sp³-hybridized carbons (Fsp3) is 0.259. The molecule has 1 aliphatic rings. The number of aliphatic hydroxyl groups is 1. The molecule has 170 valence electrons. The molecular weight excluding hydrogens is 418 g/mol. The maximum absolute atomic E-state index is 13.2. The Bertz CT molecular complexity index is 1200. The number of benzene rings is 2. The summed E-state index contributed by atoms with van der Waals surface area (Å²) in [5.41, 5.74) is 1.59. The lowest BCUT2D eigenvalue weighted by Gasteiger charge is -2.24. The molecule has 1 aromatic heterocycles. The first-order valence-corrected chi connectivity index (χ1v) is 10.9. The van der Waals surface area contributed by atoms with Crippen LogP contribution in [0.5, 0.6) is 5.75 Å². The van der Waals surface area contributed by atoms with Gasteiger partial charge < -0.3 is 14.3 Å². The maximum atomic E-state index is 13.2. The van der Waals surface area contributed by atoms with Crippen molar-refractivity contribution in [3.8, 4) is 5.75 Å². The highest BCUT2D eigenvalue weighted by atomic mass is 16.5. The van der Waals surface area contributed by atoms with Gasteiger partial charge in [-0.2, -0.15) is 0 Å². The molecule has 33 heavy (non-hydrogen) atoms. The van der Waals surface area contributed by atoms with E-state index in [0.717, 1.165) is 5.56 Å². The second kappa shape index (κ2) is 8.62. The summed E-state index contributed by atoms with van der Waals surface area (Å²) in [7, 11) is 0. The molecule has 3 aromatic rings. The minimum Gasteiger partial charge on any atom is -0.507 e. The molecule has 4 rings (SSSR count). The minimum atomic E-state index is -0.882. The van der Waals surface area contributed by atoms with Crippen LogP contribution in [-0.4, -0.2) is 23.4 Å². The molecule has 1 unspecified atom stereocenters. The van der Waals surface area contributed by atoms with E-state index in [1.807, 2.05) is 39.8 Å². The van der Waals surface area contributed by atoms with Gasteiger partial charge in [-0.3, -0.25) is 14.5 Å². The van der Waals surface area contributed by atoms with Crippen molar-refractivity contribution >= 4 is 23.1 Å². The van der Waals surface area contributed by atoms with E-state index in [1.165, 1.54) is 11.2 Å². The van der Waals surface area contributed by atoms with E-state index < -0.39 is 17.7 Å². The number of rotatable bonds is 5. The summed E-state index contributed by atoms with van der Waals surface area (Å²) in [6.07, 6.45) is 1.48. The summed E-state index contributed by atoms with van der Waals surface area (Å²) in [6, 6.07) is 16.7. The molecule has 1 atom stereocenters. The van der Waals surface area contributed by atoms with Crippen molar-refractivity contribution in [3.05, 3.63) is 89.4 Å². The molecule has 0 spiro atoms. The molecule has 1 fully saturated rings. The van der Waals surface area contributed by atoms with Crippen LogP contribution in [0.15, 0.2) is 76.9 Å². The number of ether oxygens (including phenoxy) is 1. The van der Waals surface area contributed by atoms with Crippen molar-refractivity contribution in [2.24, 2.45) is 0 Å². The lowest BCUT2D eigenvalue weighted by atomic mass is 9.84. The van der Waals surface area contributed by atoms with Gasteiger partial charge in [0.15, 0.2) is 0 Å². The summed E-state index contributed by atoms with van der Waals surface area (Å²) in [4.78, 5) is 27.6. The van der Waals surface area contributed by atoms with Crippen molar-refractivity contribution in [1.29, 1.82) is 0 Å². The van der Waals surface area contributed by atoms with Crippen molar-refractivity contribution in [3.63, 3.8) is 0 Å². The average molecular weight is 446 g/mol. The summed E-state index contributed by atoms with van der Waals surface area (Å²) < 4.78 is 11.4. The number of carbonyl (C=O) groups excluding carboxylic acids is 2. The zero-order chi connectivity index (χ0) is 23.8. The number of anilines is 1. The van der Waals surface area contributed by atoms with Gasteiger partial charge in [-0.1, -0.05) is 39.0 Å². The molecule has 1 saturated heterocycles. The van der Waals surface area contributed by atoms with Gasteiger partial charge in [0.1, 0.15) is 23.3 Å². The SMILES string of the molecule is CCOc1ccc(/C(O)=C2/C(=O)C(=O)N(c3ccccc3)C2c2ccco2)cc1C(C)(C)C. The third-order valence-corrected chi connectivity index (χ3v) is 5.65. The van der Waals surface area contributed by atoms with Gasteiger partial charge in [0, 0.05) is 16.8 Å². The van der Waals surface area contributed by atoms with Gasteiger partial charge in [0.2, 0.25) is 0 Å². The monoisotopic (exact) mass is 445 g/mol. The molecule has 1 aliphatic heterocycles. The Morgan fingerprint density at radius 1 is 1.06 bits per heavy atom. The first kappa shape index (κ1) is 22.4. The van der Waals surface area contributed by atoms with Gasteiger partial charge in [-0.15, -0.1) is 0 Å². The Labute approximate surface area is 193 Å². The quantitative estimate of drug-likeness (QED) is 0.314. The second-order valence-electron chi connectivity index (χ2n) is 8.91.